The Labute approximate surface area is 600 Å². The van der Waals surface area contributed by atoms with Crippen LogP contribution in [0.1, 0.15) is 402 Å². The molecule has 0 aromatic rings. The van der Waals surface area contributed by atoms with Crippen molar-refractivity contribution in [3.63, 3.8) is 0 Å². The first-order valence-corrected chi connectivity index (χ1v) is 43.7. The van der Waals surface area contributed by atoms with Crippen LogP contribution in [0, 0.1) is 23.7 Å². The van der Waals surface area contributed by atoms with Crippen LogP contribution in [0.4, 0.5) is 0 Å². The number of unbranched alkanes of at least 4 members (excludes halogenated alkanes) is 41. The number of esters is 4. The summed E-state index contributed by atoms with van der Waals surface area (Å²) in [4.78, 5) is 72.8. The van der Waals surface area contributed by atoms with Crippen molar-refractivity contribution >= 4 is 39.5 Å². The van der Waals surface area contributed by atoms with Crippen LogP contribution in [0.3, 0.4) is 0 Å². The van der Waals surface area contributed by atoms with Crippen LogP contribution in [-0.4, -0.2) is 96.7 Å². The van der Waals surface area contributed by atoms with Crippen LogP contribution in [0.5, 0.6) is 0 Å². The first kappa shape index (κ1) is 96.1. The van der Waals surface area contributed by atoms with Gasteiger partial charge >= 0.3 is 39.5 Å². The van der Waals surface area contributed by atoms with Crippen molar-refractivity contribution in [1.82, 2.24) is 0 Å². The molecule has 0 aliphatic carbocycles. The highest BCUT2D eigenvalue weighted by Crippen LogP contribution is 2.45. The largest absolute Gasteiger partial charge is 0.472 e. The Balaban J connectivity index is 5.18. The number of aliphatic hydroxyl groups is 1. The fraction of sp³-hybridized carbons (Fsp3) is 0.949. The molecule has 0 amide bonds. The lowest BCUT2D eigenvalue weighted by Crippen LogP contribution is -2.30. The molecule has 17 nitrogen and oxygen atoms in total. The molecule has 0 heterocycles. The molecular weight excluding hydrogens is 1280 g/mol. The summed E-state index contributed by atoms with van der Waals surface area (Å²) >= 11 is 0. The fourth-order valence-electron chi connectivity index (χ4n) is 12.0. The average molecular weight is 1440 g/mol. The van der Waals surface area contributed by atoms with Crippen molar-refractivity contribution in [2.75, 3.05) is 39.6 Å². The van der Waals surface area contributed by atoms with E-state index in [0.717, 1.165) is 114 Å². The van der Waals surface area contributed by atoms with Crippen LogP contribution in [0.15, 0.2) is 0 Å². The molecule has 0 saturated heterocycles. The summed E-state index contributed by atoms with van der Waals surface area (Å²) in [5.74, 6) is 0.936. The SMILES string of the molecule is CCC(C)CCCCCCCCCCCCCCCCCCCCC(=O)OC[C@H](COP(=O)(O)OC[C@@H](O)COP(=O)(O)OC[C@@H](COC(=O)CCCCCCCCC(C)C)OC(=O)CCCCCCCCCCC(C)C)OC(=O)CCCCCCCCCCCCCCCC(C)C. The lowest BCUT2D eigenvalue weighted by molar-refractivity contribution is -0.161. The zero-order valence-corrected chi connectivity index (χ0v) is 66.2. The molecule has 0 saturated carbocycles. The zero-order chi connectivity index (χ0) is 72.4. The second-order valence-corrected chi connectivity index (χ2v) is 33.0. The first-order valence-electron chi connectivity index (χ1n) is 40.7. The Kier molecular flexibility index (Phi) is 66.8. The number of carbonyl (C=O) groups is 4. The summed E-state index contributed by atoms with van der Waals surface area (Å²) in [5.41, 5.74) is 0. The van der Waals surface area contributed by atoms with E-state index in [0.29, 0.717) is 31.6 Å². The summed E-state index contributed by atoms with van der Waals surface area (Å²) in [6.45, 7) is 14.2. The normalized spacial score (nSPS) is 14.3. The van der Waals surface area contributed by atoms with Crippen LogP contribution in [0.25, 0.3) is 0 Å². The fourth-order valence-corrected chi connectivity index (χ4v) is 13.6. The second kappa shape index (κ2) is 68.2. The van der Waals surface area contributed by atoms with Crippen LogP contribution in [0.2, 0.25) is 0 Å². The molecule has 3 unspecified atom stereocenters. The molecule has 0 rings (SSSR count). The number of hydrogen-bond acceptors (Lipinski definition) is 15. The number of phosphoric acid groups is 2. The number of phosphoric ester groups is 2. The molecule has 0 spiro atoms. The van der Waals surface area contributed by atoms with Crippen LogP contribution >= 0.6 is 15.6 Å². The minimum Gasteiger partial charge on any atom is -0.462 e. The van der Waals surface area contributed by atoms with Gasteiger partial charge in [-0.3, -0.25) is 37.3 Å². The Bertz CT molecular complexity index is 1920. The van der Waals surface area contributed by atoms with Gasteiger partial charge in [0.25, 0.3) is 0 Å². The van der Waals surface area contributed by atoms with E-state index in [9.17, 15) is 43.2 Å². The maximum Gasteiger partial charge on any atom is 0.472 e. The number of ether oxygens (including phenoxy) is 4. The minimum atomic E-state index is -4.96. The van der Waals surface area contributed by atoms with Gasteiger partial charge in [0.05, 0.1) is 26.4 Å². The number of hydrogen-bond donors (Lipinski definition) is 3. The quantitative estimate of drug-likeness (QED) is 0.0222. The topological polar surface area (TPSA) is 237 Å². The van der Waals surface area contributed by atoms with E-state index in [2.05, 4.69) is 55.4 Å². The van der Waals surface area contributed by atoms with Gasteiger partial charge in [0.2, 0.25) is 0 Å². The van der Waals surface area contributed by atoms with Gasteiger partial charge in [-0.15, -0.1) is 0 Å². The van der Waals surface area contributed by atoms with Gasteiger partial charge in [-0.05, 0) is 49.4 Å². The van der Waals surface area contributed by atoms with E-state index < -0.39 is 97.5 Å². The van der Waals surface area contributed by atoms with Gasteiger partial charge in [0, 0.05) is 25.7 Å². The van der Waals surface area contributed by atoms with E-state index in [4.69, 9.17) is 37.0 Å². The Hall–Kier alpha value is -1.94. The second-order valence-electron chi connectivity index (χ2n) is 30.1. The first-order chi connectivity index (χ1) is 47.1. The monoisotopic (exact) mass is 1440 g/mol. The van der Waals surface area contributed by atoms with E-state index in [1.165, 1.54) is 199 Å². The van der Waals surface area contributed by atoms with Crippen molar-refractivity contribution in [3.05, 3.63) is 0 Å². The molecule has 19 heteroatoms. The Morgan fingerprint density at radius 1 is 0.286 bits per heavy atom. The van der Waals surface area contributed by atoms with E-state index >= 15 is 0 Å². The number of carbonyl (C=O) groups excluding carboxylic acids is 4. The number of aliphatic hydroxyl groups excluding tert-OH is 1. The third kappa shape index (κ3) is 71.1. The summed E-state index contributed by atoms with van der Waals surface area (Å²) in [6.07, 6.45) is 54.4. The molecule has 98 heavy (non-hydrogen) atoms. The Morgan fingerprint density at radius 2 is 0.490 bits per heavy atom. The number of rotatable bonds is 76. The van der Waals surface area contributed by atoms with Gasteiger partial charge < -0.3 is 33.8 Å². The predicted molar refractivity (Wildman–Crippen MR) is 400 cm³/mol. The standard InChI is InChI=1S/C79H154O17P2/c1-9-72(8)58-50-42-33-26-22-18-14-12-10-11-13-15-19-23-27-34-43-51-59-76(81)89-65-74(95-78(83)61-53-45-35-28-24-20-16-17-21-25-31-39-47-55-69(2)3)67-93-97(85,86)91-63-73(80)64-92-98(87,88)94-68-75(66-90-77(82)60-52-44-38-37-41-49-57-71(6)7)96-79(84)62-54-46-36-30-29-32-40-48-56-70(4)5/h69-75,80H,9-68H2,1-8H3,(H,85,86)(H,87,88)/t72?,73-,74-,75-/m1/s1. The molecule has 0 radical (unpaired) electrons. The molecule has 0 aromatic carbocycles. The smallest absolute Gasteiger partial charge is 0.462 e. The molecule has 0 bridgehead atoms. The maximum atomic E-state index is 13.1. The molecule has 582 valence electrons. The molecule has 0 fully saturated rings. The van der Waals surface area contributed by atoms with Gasteiger partial charge in [-0.2, -0.15) is 0 Å². The molecule has 0 aliphatic rings. The maximum absolute atomic E-state index is 13.1. The van der Waals surface area contributed by atoms with Crippen molar-refractivity contribution < 1.29 is 80.2 Å². The summed E-state index contributed by atoms with van der Waals surface area (Å²) in [7, 11) is -9.91. The summed E-state index contributed by atoms with van der Waals surface area (Å²) in [6, 6.07) is 0. The molecule has 0 aliphatic heterocycles. The van der Waals surface area contributed by atoms with Crippen molar-refractivity contribution in [2.24, 2.45) is 23.7 Å². The third-order valence-electron chi connectivity index (χ3n) is 18.7. The molecule has 0 aromatic heterocycles. The highest BCUT2D eigenvalue weighted by atomic mass is 31.2. The van der Waals surface area contributed by atoms with E-state index in [1.54, 1.807) is 0 Å². The zero-order valence-electron chi connectivity index (χ0n) is 64.4. The van der Waals surface area contributed by atoms with Gasteiger partial charge in [-0.25, -0.2) is 9.13 Å². The third-order valence-corrected chi connectivity index (χ3v) is 20.6. The van der Waals surface area contributed by atoms with Crippen LogP contribution in [-0.2, 0) is 65.4 Å². The molecular formula is C79H154O17P2. The van der Waals surface area contributed by atoms with Crippen molar-refractivity contribution in [2.45, 2.75) is 420 Å². The van der Waals surface area contributed by atoms with Gasteiger partial charge in [0.15, 0.2) is 12.2 Å². The lowest BCUT2D eigenvalue weighted by atomic mass is 9.99. The van der Waals surface area contributed by atoms with E-state index in [1.807, 2.05) is 0 Å². The van der Waals surface area contributed by atoms with Gasteiger partial charge in [0.1, 0.15) is 19.3 Å². The lowest BCUT2D eigenvalue weighted by Gasteiger charge is -2.21. The Morgan fingerprint density at radius 3 is 0.724 bits per heavy atom. The van der Waals surface area contributed by atoms with E-state index in [-0.39, 0.29) is 25.7 Å². The highest BCUT2D eigenvalue weighted by Gasteiger charge is 2.30. The summed E-state index contributed by atoms with van der Waals surface area (Å²) in [5, 5.41) is 10.6. The molecule has 3 N–H and O–H groups in total. The van der Waals surface area contributed by atoms with Crippen molar-refractivity contribution in [1.29, 1.82) is 0 Å². The van der Waals surface area contributed by atoms with Gasteiger partial charge in [-0.1, -0.05) is 351 Å². The molecule has 6 atom stereocenters. The van der Waals surface area contributed by atoms with Crippen LogP contribution < -0.4 is 0 Å². The predicted octanol–water partition coefficient (Wildman–Crippen LogP) is 23.2. The highest BCUT2D eigenvalue weighted by molar-refractivity contribution is 7.47. The minimum absolute atomic E-state index is 0.103. The van der Waals surface area contributed by atoms with Crippen molar-refractivity contribution in [3.8, 4) is 0 Å². The average Bonchev–Trinajstić information content (AvgIpc) is 1.21. The summed E-state index contributed by atoms with van der Waals surface area (Å²) < 4.78 is 68.5.